The summed E-state index contributed by atoms with van der Waals surface area (Å²) in [7, 11) is 0. The van der Waals surface area contributed by atoms with Gasteiger partial charge in [0.15, 0.2) is 0 Å². The fraction of sp³-hybridized carbons (Fsp3) is 0.862. The summed E-state index contributed by atoms with van der Waals surface area (Å²) in [5, 5.41) is 0. The van der Waals surface area contributed by atoms with E-state index in [0.29, 0.717) is 0 Å². The van der Waals surface area contributed by atoms with Crippen molar-refractivity contribution in [2.24, 2.45) is 0 Å². The van der Waals surface area contributed by atoms with Crippen LogP contribution < -0.4 is 10.5 Å². The van der Waals surface area contributed by atoms with Gasteiger partial charge in [-0.15, -0.1) is 0 Å². The molecule has 33 heavy (non-hydrogen) atoms. The highest BCUT2D eigenvalue weighted by Gasteiger charge is 2.14. The van der Waals surface area contributed by atoms with E-state index in [-0.39, 0.29) is 5.56 Å². The second-order valence-electron chi connectivity index (χ2n) is 9.79. The van der Waals surface area contributed by atoms with Gasteiger partial charge in [0.25, 0.3) is 5.56 Å². The fourth-order valence-electron chi connectivity index (χ4n) is 4.71. The first-order valence-corrected chi connectivity index (χ1v) is 14.5. The lowest BCUT2D eigenvalue weighted by molar-refractivity contribution is 0.560. The van der Waals surface area contributed by atoms with Gasteiger partial charge in [-0.1, -0.05) is 110 Å². The summed E-state index contributed by atoms with van der Waals surface area (Å²) in [4.78, 5) is 23.2. The second kappa shape index (κ2) is 20.1. The minimum absolute atomic E-state index is 0.0979. The molecule has 0 aliphatic rings. The topological polar surface area (TPSA) is 49.0 Å². The van der Waals surface area contributed by atoms with E-state index in [9.17, 15) is 4.79 Å². The van der Waals surface area contributed by atoms with E-state index in [1.807, 2.05) is 0 Å². The highest BCUT2D eigenvalue weighted by atomic mass is 16.1. The van der Waals surface area contributed by atoms with Crippen LogP contribution in [0.5, 0.6) is 0 Å². The van der Waals surface area contributed by atoms with Crippen LogP contribution in [-0.4, -0.2) is 23.1 Å². The highest BCUT2D eigenvalue weighted by molar-refractivity contribution is 5.33. The quantitative estimate of drug-likeness (QED) is 0.176. The lowest BCUT2D eigenvalue weighted by Gasteiger charge is -2.20. The van der Waals surface area contributed by atoms with Gasteiger partial charge >= 0.3 is 0 Å². The summed E-state index contributed by atoms with van der Waals surface area (Å²) >= 11 is 0. The molecule has 192 valence electrons. The van der Waals surface area contributed by atoms with Crippen LogP contribution in [-0.2, 0) is 12.8 Å². The summed E-state index contributed by atoms with van der Waals surface area (Å²) in [6.45, 7) is 10.5. The summed E-state index contributed by atoms with van der Waals surface area (Å²) in [6, 6.07) is 0. The molecule has 0 atom stereocenters. The van der Waals surface area contributed by atoms with E-state index in [0.717, 1.165) is 56.0 Å². The molecule has 1 heterocycles. The SMILES string of the molecule is CCCCCCCCCCCc1nc(N(CC)CC)[nH]c(=O)c1CCCCCCCCCC. The standard InChI is InChI=1S/C29H55N3O/c1-5-9-11-13-15-17-19-21-23-25-27-26(24-22-20-18-16-14-12-10-6-2)28(33)31-29(30-27)32(7-3)8-4/h5-25H2,1-4H3,(H,30,31,33). The molecule has 0 aliphatic heterocycles. The van der Waals surface area contributed by atoms with E-state index in [1.54, 1.807) is 0 Å². The Morgan fingerprint density at radius 2 is 1.03 bits per heavy atom. The van der Waals surface area contributed by atoms with Gasteiger partial charge in [0, 0.05) is 18.7 Å². The molecule has 0 saturated heterocycles. The van der Waals surface area contributed by atoms with E-state index >= 15 is 0 Å². The highest BCUT2D eigenvalue weighted by Crippen LogP contribution is 2.17. The number of nitrogens with zero attached hydrogens (tertiary/aromatic N) is 2. The van der Waals surface area contributed by atoms with Gasteiger partial charge in [0.1, 0.15) is 0 Å². The molecule has 0 amide bonds. The molecule has 0 radical (unpaired) electrons. The number of nitrogens with one attached hydrogen (secondary N) is 1. The van der Waals surface area contributed by atoms with E-state index in [2.05, 4.69) is 37.6 Å². The Labute approximate surface area is 205 Å². The zero-order valence-electron chi connectivity index (χ0n) is 22.7. The van der Waals surface area contributed by atoms with Gasteiger partial charge in [-0.05, 0) is 39.5 Å². The van der Waals surface area contributed by atoms with Crippen LogP contribution in [0.3, 0.4) is 0 Å². The number of rotatable bonds is 22. The van der Waals surface area contributed by atoms with Crippen molar-refractivity contribution in [3.8, 4) is 0 Å². The molecule has 4 nitrogen and oxygen atoms in total. The van der Waals surface area contributed by atoms with Crippen LogP contribution in [0.15, 0.2) is 4.79 Å². The summed E-state index contributed by atoms with van der Waals surface area (Å²) in [5.41, 5.74) is 2.11. The lowest BCUT2D eigenvalue weighted by Crippen LogP contribution is -2.29. The van der Waals surface area contributed by atoms with Gasteiger partial charge < -0.3 is 4.90 Å². The molecule has 1 aromatic rings. The molecule has 1 aromatic heterocycles. The average molecular weight is 462 g/mol. The number of hydrogen-bond acceptors (Lipinski definition) is 3. The van der Waals surface area contributed by atoms with E-state index < -0.39 is 0 Å². The number of hydrogen-bond donors (Lipinski definition) is 1. The Hall–Kier alpha value is -1.32. The Kier molecular flexibility index (Phi) is 18.1. The van der Waals surface area contributed by atoms with Crippen molar-refractivity contribution in [1.29, 1.82) is 0 Å². The first-order valence-electron chi connectivity index (χ1n) is 14.5. The van der Waals surface area contributed by atoms with Gasteiger partial charge in [0.05, 0.1) is 5.69 Å². The van der Waals surface area contributed by atoms with Crippen molar-refractivity contribution in [2.75, 3.05) is 18.0 Å². The van der Waals surface area contributed by atoms with E-state index in [4.69, 9.17) is 4.98 Å². The zero-order valence-corrected chi connectivity index (χ0v) is 22.7. The lowest BCUT2D eigenvalue weighted by atomic mass is 10.0. The molecule has 0 spiro atoms. The summed E-state index contributed by atoms with van der Waals surface area (Å²) < 4.78 is 0. The maximum Gasteiger partial charge on any atom is 0.255 e. The third-order valence-electron chi connectivity index (χ3n) is 6.95. The summed E-state index contributed by atoms with van der Waals surface area (Å²) in [5.74, 6) is 0.760. The molecule has 0 aliphatic carbocycles. The van der Waals surface area contributed by atoms with Crippen molar-refractivity contribution >= 4 is 5.95 Å². The molecule has 0 unspecified atom stereocenters. The number of anilines is 1. The molecular formula is C29H55N3O. The number of unbranched alkanes of at least 4 members (excludes halogenated alkanes) is 15. The largest absolute Gasteiger partial charge is 0.343 e. The molecule has 0 fully saturated rings. The molecule has 4 heteroatoms. The van der Waals surface area contributed by atoms with Gasteiger partial charge in [0.2, 0.25) is 5.95 Å². The maximum atomic E-state index is 13.0. The van der Waals surface area contributed by atoms with Gasteiger partial charge in [-0.2, -0.15) is 0 Å². The predicted molar refractivity (Wildman–Crippen MR) is 146 cm³/mol. The normalized spacial score (nSPS) is 11.3. The monoisotopic (exact) mass is 461 g/mol. The van der Waals surface area contributed by atoms with Crippen molar-refractivity contribution < 1.29 is 0 Å². The van der Waals surface area contributed by atoms with Crippen LogP contribution in [0, 0.1) is 0 Å². The van der Waals surface area contributed by atoms with Crippen LogP contribution in [0.4, 0.5) is 5.95 Å². The Balaban J connectivity index is 2.57. The molecule has 0 bridgehead atoms. The van der Waals surface area contributed by atoms with Crippen molar-refractivity contribution in [3.05, 3.63) is 21.6 Å². The van der Waals surface area contributed by atoms with Crippen LogP contribution >= 0.6 is 0 Å². The first kappa shape index (κ1) is 29.7. The molecule has 1 rings (SSSR count). The number of aryl methyl sites for hydroxylation is 1. The Bertz CT molecular complexity index is 636. The molecule has 0 aromatic carbocycles. The number of H-pyrrole nitrogens is 1. The van der Waals surface area contributed by atoms with Crippen molar-refractivity contribution in [3.63, 3.8) is 0 Å². The number of aromatic amines is 1. The molecular weight excluding hydrogens is 406 g/mol. The Morgan fingerprint density at radius 3 is 1.48 bits per heavy atom. The predicted octanol–water partition coefficient (Wildman–Crippen LogP) is 8.37. The van der Waals surface area contributed by atoms with Crippen LogP contribution in [0.1, 0.15) is 148 Å². The van der Waals surface area contributed by atoms with Gasteiger partial charge in [-0.3, -0.25) is 9.78 Å². The van der Waals surface area contributed by atoms with Gasteiger partial charge in [-0.25, -0.2) is 4.98 Å². The van der Waals surface area contributed by atoms with Crippen molar-refractivity contribution in [1.82, 2.24) is 9.97 Å². The maximum absolute atomic E-state index is 13.0. The minimum atomic E-state index is 0.0979. The molecule has 0 saturated carbocycles. The average Bonchev–Trinajstić information content (AvgIpc) is 2.81. The summed E-state index contributed by atoms with van der Waals surface area (Å²) in [6.07, 6.45) is 24.1. The Morgan fingerprint density at radius 1 is 0.606 bits per heavy atom. The van der Waals surface area contributed by atoms with Crippen LogP contribution in [0.2, 0.25) is 0 Å². The zero-order chi connectivity index (χ0) is 24.2. The number of aromatic nitrogens is 2. The van der Waals surface area contributed by atoms with Crippen molar-refractivity contribution in [2.45, 2.75) is 150 Å². The smallest absolute Gasteiger partial charge is 0.255 e. The van der Waals surface area contributed by atoms with Crippen LogP contribution in [0.25, 0.3) is 0 Å². The first-order chi connectivity index (χ1) is 16.2. The van der Waals surface area contributed by atoms with E-state index in [1.165, 1.54) is 96.3 Å². The second-order valence-corrected chi connectivity index (χ2v) is 9.79. The third-order valence-corrected chi connectivity index (χ3v) is 6.95. The molecule has 1 N–H and O–H groups in total. The minimum Gasteiger partial charge on any atom is -0.343 e. The fourth-order valence-corrected chi connectivity index (χ4v) is 4.71. The third kappa shape index (κ3) is 13.2.